The van der Waals surface area contributed by atoms with Crippen molar-refractivity contribution in [3.05, 3.63) is 71.5 Å². The minimum atomic E-state index is -1.48. The Hall–Kier alpha value is -4.74. The molecule has 6 rings (SSSR count). The number of carbonyl (C=O) groups is 2. The van der Waals surface area contributed by atoms with Crippen molar-refractivity contribution >= 4 is 22.9 Å². The molecule has 2 fully saturated rings. The highest BCUT2D eigenvalue weighted by Gasteiger charge is 2.40. The van der Waals surface area contributed by atoms with Crippen LogP contribution in [0.3, 0.4) is 0 Å². The molecule has 12 heteroatoms. The number of likely N-dealkylation sites (tertiary alicyclic amines) is 2. The van der Waals surface area contributed by atoms with Crippen molar-refractivity contribution in [1.82, 2.24) is 24.6 Å². The summed E-state index contributed by atoms with van der Waals surface area (Å²) in [4.78, 5) is 32.9. The molecule has 2 unspecified atom stereocenters. The monoisotopic (exact) mass is 661 g/mol. The minimum absolute atomic E-state index is 0.132. The topological polar surface area (TPSA) is 110 Å². The Morgan fingerprint density at radius 2 is 1.69 bits per heavy atom. The molecule has 0 bridgehead atoms. The summed E-state index contributed by atoms with van der Waals surface area (Å²) in [5.41, 5.74) is 2.12. The van der Waals surface area contributed by atoms with Gasteiger partial charge in [0, 0.05) is 38.1 Å². The SMILES string of the molecule is Cn1nc(-c2ccc(O)nc2OCc2ccccc2)c2ccc(C3CCN(C(=O)C4CCN(C(=O)OC(C)(C)C)CC4F)CC3)c(F)c21. The summed E-state index contributed by atoms with van der Waals surface area (Å²) >= 11 is 0. The maximum atomic E-state index is 16.3. The smallest absolute Gasteiger partial charge is 0.410 e. The molecule has 48 heavy (non-hydrogen) atoms. The second-order valence-corrected chi connectivity index (χ2v) is 13.6. The number of halogens is 2. The van der Waals surface area contributed by atoms with Crippen molar-refractivity contribution in [1.29, 1.82) is 0 Å². The summed E-state index contributed by atoms with van der Waals surface area (Å²) in [5.74, 6) is -1.61. The van der Waals surface area contributed by atoms with Crippen molar-refractivity contribution in [2.24, 2.45) is 13.0 Å². The van der Waals surface area contributed by atoms with Crippen molar-refractivity contribution in [3.8, 4) is 23.0 Å². The van der Waals surface area contributed by atoms with E-state index in [0.717, 1.165) is 5.56 Å². The molecule has 10 nitrogen and oxygen atoms in total. The lowest BCUT2D eigenvalue weighted by molar-refractivity contribution is -0.141. The Labute approximate surface area is 278 Å². The van der Waals surface area contributed by atoms with Crippen LogP contribution in [0.4, 0.5) is 13.6 Å². The van der Waals surface area contributed by atoms with Crippen LogP contribution in [0.15, 0.2) is 54.6 Å². The Balaban J connectivity index is 1.14. The van der Waals surface area contributed by atoms with Gasteiger partial charge in [-0.05, 0) is 63.1 Å². The van der Waals surface area contributed by atoms with Crippen LogP contribution in [-0.4, -0.2) is 79.6 Å². The fraction of sp³-hybridized carbons (Fsp3) is 0.444. The first-order valence-corrected chi connectivity index (χ1v) is 16.3. The summed E-state index contributed by atoms with van der Waals surface area (Å²) in [5, 5.41) is 15.3. The highest BCUT2D eigenvalue weighted by molar-refractivity contribution is 5.95. The highest BCUT2D eigenvalue weighted by Crippen LogP contribution is 2.39. The molecule has 4 heterocycles. The Morgan fingerprint density at radius 1 is 0.979 bits per heavy atom. The average molecular weight is 662 g/mol. The van der Waals surface area contributed by atoms with Gasteiger partial charge in [0.05, 0.1) is 18.0 Å². The van der Waals surface area contributed by atoms with Gasteiger partial charge < -0.3 is 24.4 Å². The summed E-state index contributed by atoms with van der Waals surface area (Å²) in [6.45, 7) is 6.34. The predicted octanol–water partition coefficient (Wildman–Crippen LogP) is 6.36. The van der Waals surface area contributed by atoms with Crippen LogP contribution in [0, 0.1) is 11.7 Å². The molecule has 0 saturated carbocycles. The number of aromatic nitrogens is 3. The summed E-state index contributed by atoms with van der Waals surface area (Å²) < 4.78 is 44.3. The number of hydrogen-bond donors (Lipinski definition) is 1. The van der Waals surface area contributed by atoms with E-state index in [1.54, 1.807) is 44.9 Å². The Kier molecular flexibility index (Phi) is 9.26. The number of aryl methyl sites for hydroxylation is 1. The number of carbonyl (C=O) groups excluding carboxylic acids is 2. The van der Waals surface area contributed by atoms with E-state index in [0.29, 0.717) is 53.7 Å². The van der Waals surface area contributed by atoms with Gasteiger partial charge in [-0.1, -0.05) is 42.5 Å². The lowest BCUT2D eigenvalue weighted by Crippen LogP contribution is -2.52. The van der Waals surface area contributed by atoms with E-state index in [9.17, 15) is 14.7 Å². The molecule has 0 radical (unpaired) electrons. The third kappa shape index (κ3) is 6.93. The van der Waals surface area contributed by atoms with E-state index in [1.807, 2.05) is 36.4 Å². The molecule has 2 atom stereocenters. The van der Waals surface area contributed by atoms with E-state index in [4.69, 9.17) is 9.47 Å². The fourth-order valence-electron chi connectivity index (χ4n) is 6.62. The van der Waals surface area contributed by atoms with E-state index in [-0.39, 0.29) is 55.5 Å². The molecule has 2 aliphatic rings. The predicted molar refractivity (Wildman–Crippen MR) is 176 cm³/mol. The number of benzene rings is 2. The van der Waals surface area contributed by atoms with Crippen LogP contribution < -0.4 is 4.74 Å². The molecule has 4 aromatic rings. The molecule has 2 aliphatic heterocycles. The first-order valence-electron chi connectivity index (χ1n) is 16.3. The zero-order chi connectivity index (χ0) is 34.2. The molecule has 0 aliphatic carbocycles. The fourth-order valence-corrected chi connectivity index (χ4v) is 6.62. The molecule has 2 amide bonds. The Morgan fingerprint density at radius 3 is 2.38 bits per heavy atom. The summed E-state index contributed by atoms with van der Waals surface area (Å²) in [6, 6.07) is 16.3. The molecule has 1 N–H and O–H groups in total. The molecule has 2 aromatic carbocycles. The normalized spacial score (nSPS) is 19.0. The molecule has 2 saturated heterocycles. The molecule has 0 spiro atoms. The van der Waals surface area contributed by atoms with Crippen molar-refractivity contribution in [2.75, 3.05) is 26.2 Å². The maximum absolute atomic E-state index is 16.3. The van der Waals surface area contributed by atoms with E-state index in [2.05, 4.69) is 10.1 Å². The van der Waals surface area contributed by atoms with Crippen LogP contribution in [0.1, 0.15) is 57.1 Å². The number of nitrogens with zero attached hydrogens (tertiary/aromatic N) is 5. The lowest BCUT2D eigenvalue weighted by Gasteiger charge is -2.39. The number of amides is 2. The number of fused-ring (bicyclic) bond motifs is 1. The van der Waals surface area contributed by atoms with E-state index < -0.39 is 23.8 Å². The quantitative estimate of drug-likeness (QED) is 0.256. The van der Waals surface area contributed by atoms with Gasteiger partial charge in [0.15, 0.2) is 5.82 Å². The highest BCUT2D eigenvalue weighted by atomic mass is 19.1. The zero-order valence-electron chi connectivity index (χ0n) is 27.7. The third-order valence-corrected chi connectivity index (χ3v) is 9.05. The first kappa shape index (κ1) is 33.2. The number of ether oxygens (including phenoxy) is 2. The van der Waals surface area contributed by atoms with Gasteiger partial charge in [-0.2, -0.15) is 10.1 Å². The van der Waals surface area contributed by atoms with Gasteiger partial charge in [0.25, 0.3) is 0 Å². The van der Waals surface area contributed by atoms with E-state index >= 15 is 8.78 Å². The number of alkyl halides is 1. The lowest BCUT2D eigenvalue weighted by atomic mass is 9.86. The number of aromatic hydroxyl groups is 1. The number of piperidine rings is 2. The summed E-state index contributed by atoms with van der Waals surface area (Å²) in [6.07, 6.45) is -0.767. The van der Waals surface area contributed by atoms with Crippen LogP contribution in [0.2, 0.25) is 0 Å². The van der Waals surface area contributed by atoms with Gasteiger partial charge in [-0.3, -0.25) is 9.48 Å². The molecular formula is C36H41F2N5O5. The second-order valence-electron chi connectivity index (χ2n) is 13.6. The van der Waals surface area contributed by atoms with Gasteiger partial charge in [-0.25, -0.2) is 13.6 Å². The average Bonchev–Trinajstić information content (AvgIpc) is 3.40. The Bertz CT molecular complexity index is 1800. The molecular weight excluding hydrogens is 620 g/mol. The van der Waals surface area contributed by atoms with Crippen molar-refractivity contribution in [2.45, 2.75) is 64.3 Å². The minimum Gasteiger partial charge on any atom is -0.493 e. The van der Waals surface area contributed by atoms with Crippen LogP contribution in [0.25, 0.3) is 22.2 Å². The standard InChI is InChI=1S/C36H41F2N5O5/c1-36(2,3)48-35(46)43-19-16-25(28(37)20-43)34(45)42-17-14-23(15-18-42)24-10-11-26-31(40-41(4)32(26)30(24)38)27-12-13-29(44)39-33(27)47-21-22-8-6-5-7-9-22/h5-13,23,25,28H,14-21H2,1-4H3,(H,39,44). The molecule has 2 aromatic heterocycles. The maximum Gasteiger partial charge on any atom is 0.410 e. The first-order chi connectivity index (χ1) is 22.9. The molecule has 254 valence electrons. The number of pyridine rings is 1. The van der Waals surface area contributed by atoms with Gasteiger partial charge in [0.1, 0.15) is 29.6 Å². The van der Waals surface area contributed by atoms with Crippen molar-refractivity contribution < 1.29 is 33.0 Å². The largest absolute Gasteiger partial charge is 0.493 e. The number of rotatable bonds is 6. The zero-order valence-corrected chi connectivity index (χ0v) is 27.7. The number of hydrogen-bond acceptors (Lipinski definition) is 7. The van der Waals surface area contributed by atoms with Crippen molar-refractivity contribution in [3.63, 3.8) is 0 Å². The third-order valence-electron chi connectivity index (χ3n) is 9.05. The van der Waals surface area contributed by atoms with Gasteiger partial charge in [0.2, 0.25) is 17.7 Å². The van der Waals surface area contributed by atoms with Crippen LogP contribution in [-0.2, 0) is 23.2 Å². The van der Waals surface area contributed by atoms with Gasteiger partial charge in [-0.15, -0.1) is 0 Å². The van der Waals surface area contributed by atoms with E-state index in [1.165, 1.54) is 15.6 Å². The second kappa shape index (κ2) is 13.4. The van der Waals surface area contributed by atoms with Crippen LogP contribution in [0.5, 0.6) is 11.8 Å². The van der Waals surface area contributed by atoms with Crippen LogP contribution >= 0.6 is 0 Å². The van der Waals surface area contributed by atoms with Gasteiger partial charge >= 0.3 is 6.09 Å². The summed E-state index contributed by atoms with van der Waals surface area (Å²) in [7, 11) is 1.68.